The van der Waals surface area contributed by atoms with Gasteiger partial charge in [0.25, 0.3) is 0 Å². The molecule has 6 nitrogen and oxygen atoms in total. The van der Waals surface area contributed by atoms with Crippen LogP contribution in [0.5, 0.6) is 0 Å². The number of ether oxygens (including phenoxy) is 2. The van der Waals surface area contributed by atoms with Crippen molar-refractivity contribution in [3.8, 4) is 0 Å². The van der Waals surface area contributed by atoms with Gasteiger partial charge in [-0.05, 0) is 26.3 Å². The minimum atomic E-state index is 0.396. The van der Waals surface area contributed by atoms with Crippen LogP contribution in [0.15, 0.2) is 5.10 Å². The number of hydrogen-bond acceptors (Lipinski definition) is 5. The molecular formula is C16H21ClN4O2. The molecule has 0 atom stereocenters. The highest BCUT2D eigenvalue weighted by Crippen LogP contribution is 2.28. The first-order valence-electron chi connectivity index (χ1n) is 7.88. The minimum Gasteiger partial charge on any atom is -0.381 e. The second kappa shape index (κ2) is 6.95. The van der Waals surface area contributed by atoms with Crippen LogP contribution in [0.25, 0.3) is 11.0 Å². The van der Waals surface area contributed by atoms with E-state index >= 15 is 0 Å². The summed E-state index contributed by atoms with van der Waals surface area (Å²) < 4.78 is 12.8. The van der Waals surface area contributed by atoms with Gasteiger partial charge in [-0.1, -0.05) is 11.6 Å². The SMILES string of the molecule is CCOCc1nc2c(Cl)nc(C)c(C)c2n1N=C1CCOCC1. The molecule has 7 heteroatoms. The third-order valence-electron chi connectivity index (χ3n) is 4.03. The summed E-state index contributed by atoms with van der Waals surface area (Å²) in [6.45, 7) is 8.38. The molecule has 124 valence electrons. The molecular weight excluding hydrogens is 316 g/mol. The van der Waals surface area contributed by atoms with Crippen LogP contribution in [0.1, 0.15) is 36.8 Å². The van der Waals surface area contributed by atoms with Crippen LogP contribution in [0.2, 0.25) is 5.15 Å². The molecule has 0 amide bonds. The molecule has 1 aliphatic rings. The normalized spacial score (nSPS) is 15.4. The number of nitrogens with zero attached hydrogens (tertiary/aromatic N) is 4. The van der Waals surface area contributed by atoms with E-state index in [9.17, 15) is 0 Å². The molecule has 0 spiro atoms. The highest BCUT2D eigenvalue weighted by Gasteiger charge is 2.19. The standard InChI is InChI=1S/C16H21ClN4O2/c1-4-22-9-13-19-14-15(10(2)11(3)18-16(14)17)21(13)20-12-5-7-23-8-6-12/h4-9H2,1-3H3. The highest BCUT2D eigenvalue weighted by molar-refractivity contribution is 6.33. The van der Waals surface area contributed by atoms with Gasteiger partial charge in [-0.2, -0.15) is 5.10 Å². The predicted octanol–water partition coefficient (Wildman–Crippen LogP) is 3.25. The zero-order chi connectivity index (χ0) is 16.4. The lowest BCUT2D eigenvalue weighted by molar-refractivity contribution is 0.126. The molecule has 1 saturated heterocycles. The number of pyridine rings is 1. The van der Waals surface area contributed by atoms with E-state index < -0.39 is 0 Å². The third-order valence-corrected chi connectivity index (χ3v) is 4.29. The van der Waals surface area contributed by atoms with E-state index in [0.717, 1.165) is 41.2 Å². The Kier molecular flexibility index (Phi) is 4.94. The minimum absolute atomic E-state index is 0.396. The van der Waals surface area contributed by atoms with Gasteiger partial charge in [-0.15, -0.1) is 0 Å². The van der Waals surface area contributed by atoms with E-state index in [4.69, 9.17) is 26.2 Å². The summed E-state index contributed by atoms with van der Waals surface area (Å²) in [5, 5.41) is 5.24. The summed E-state index contributed by atoms with van der Waals surface area (Å²) in [5.41, 5.74) is 4.63. The fraction of sp³-hybridized carbons (Fsp3) is 0.562. The van der Waals surface area contributed by atoms with Crippen LogP contribution < -0.4 is 0 Å². The quantitative estimate of drug-likeness (QED) is 0.804. The summed E-state index contributed by atoms with van der Waals surface area (Å²) in [6.07, 6.45) is 1.68. The molecule has 1 aliphatic heterocycles. The van der Waals surface area contributed by atoms with Crippen molar-refractivity contribution in [1.29, 1.82) is 0 Å². The van der Waals surface area contributed by atoms with E-state index in [-0.39, 0.29) is 0 Å². The van der Waals surface area contributed by atoms with Crippen molar-refractivity contribution in [3.05, 3.63) is 22.2 Å². The fourth-order valence-corrected chi connectivity index (χ4v) is 2.90. The maximum absolute atomic E-state index is 6.30. The van der Waals surface area contributed by atoms with Crippen LogP contribution in [0, 0.1) is 13.8 Å². The summed E-state index contributed by atoms with van der Waals surface area (Å²) >= 11 is 6.30. The number of aryl methyl sites for hydroxylation is 2. The lowest BCUT2D eigenvalue weighted by Crippen LogP contribution is -2.17. The van der Waals surface area contributed by atoms with Gasteiger partial charge in [0, 0.05) is 30.9 Å². The van der Waals surface area contributed by atoms with Gasteiger partial charge in [-0.25, -0.2) is 14.6 Å². The molecule has 0 aliphatic carbocycles. The second-order valence-electron chi connectivity index (χ2n) is 5.57. The van der Waals surface area contributed by atoms with Gasteiger partial charge in [0.2, 0.25) is 0 Å². The van der Waals surface area contributed by atoms with Gasteiger partial charge in [0.05, 0.1) is 13.2 Å². The summed E-state index contributed by atoms with van der Waals surface area (Å²) in [4.78, 5) is 8.99. The molecule has 3 rings (SSSR count). The molecule has 0 N–H and O–H groups in total. The van der Waals surface area contributed by atoms with Crippen molar-refractivity contribution in [1.82, 2.24) is 14.6 Å². The number of aromatic nitrogens is 3. The summed E-state index contributed by atoms with van der Waals surface area (Å²) in [6, 6.07) is 0. The number of halogens is 1. The van der Waals surface area contributed by atoms with E-state index in [1.165, 1.54) is 0 Å². The van der Waals surface area contributed by atoms with Crippen molar-refractivity contribution in [3.63, 3.8) is 0 Å². The highest BCUT2D eigenvalue weighted by atomic mass is 35.5. The molecule has 0 saturated carbocycles. The number of rotatable bonds is 4. The van der Waals surface area contributed by atoms with Crippen LogP contribution in [-0.2, 0) is 16.1 Å². The molecule has 0 aromatic carbocycles. The first kappa shape index (κ1) is 16.4. The number of imidazole rings is 1. The molecule has 0 radical (unpaired) electrons. The predicted molar refractivity (Wildman–Crippen MR) is 90.2 cm³/mol. The van der Waals surface area contributed by atoms with Crippen molar-refractivity contribution in [2.24, 2.45) is 5.10 Å². The van der Waals surface area contributed by atoms with Gasteiger partial charge in [-0.3, -0.25) is 0 Å². The Morgan fingerprint density at radius 3 is 2.70 bits per heavy atom. The molecule has 1 fully saturated rings. The second-order valence-corrected chi connectivity index (χ2v) is 5.92. The summed E-state index contributed by atoms with van der Waals surface area (Å²) in [5.74, 6) is 0.748. The maximum atomic E-state index is 6.30. The number of fused-ring (bicyclic) bond motifs is 1. The van der Waals surface area contributed by atoms with Crippen LogP contribution in [0.3, 0.4) is 0 Å². The Balaban J connectivity index is 2.18. The van der Waals surface area contributed by atoms with E-state index in [1.54, 1.807) is 0 Å². The molecule has 2 aromatic rings. The Morgan fingerprint density at radius 1 is 1.26 bits per heavy atom. The smallest absolute Gasteiger partial charge is 0.157 e. The van der Waals surface area contributed by atoms with Gasteiger partial charge < -0.3 is 9.47 Å². The fourth-order valence-electron chi connectivity index (χ4n) is 2.64. The molecule has 3 heterocycles. The van der Waals surface area contributed by atoms with Gasteiger partial charge in [0.15, 0.2) is 11.0 Å². The van der Waals surface area contributed by atoms with Crippen LogP contribution in [-0.4, -0.2) is 40.2 Å². The molecule has 23 heavy (non-hydrogen) atoms. The van der Waals surface area contributed by atoms with Crippen molar-refractivity contribution >= 4 is 28.3 Å². The van der Waals surface area contributed by atoms with Crippen LogP contribution in [0.4, 0.5) is 0 Å². The zero-order valence-electron chi connectivity index (χ0n) is 13.7. The average molecular weight is 337 g/mol. The molecule has 0 bridgehead atoms. The van der Waals surface area contributed by atoms with Gasteiger partial charge in [0.1, 0.15) is 17.6 Å². The Labute approximate surface area is 140 Å². The lowest BCUT2D eigenvalue weighted by atomic mass is 10.2. The Hall–Kier alpha value is -1.50. The largest absolute Gasteiger partial charge is 0.381 e. The van der Waals surface area contributed by atoms with E-state index in [2.05, 4.69) is 9.97 Å². The first-order chi connectivity index (χ1) is 11.1. The zero-order valence-corrected chi connectivity index (χ0v) is 14.5. The Morgan fingerprint density at radius 2 is 2.00 bits per heavy atom. The Bertz CT molecular complexity index is 746. The first-order valence-corrected chi connectivity index (χ1v) is 8.25. The van der Waals surface area contributed by atoms with Crippen molar-refractivity contribution in [2.45, 2.75) is 40.2 Å². The molecule has 0 unspecified atom stereocenters. The van der Waals surface area contributed by atoms with Crippen LogP contribution >= 0.6 is 11.6 Å². The third kappa shape index (κ3) is 3.24. The maximum Gasteiger partial charge on any atom is 0.157 e. The topological polar surface area (TPSA) is 61.5 Å². The van der Waals surface area contributed by atoms with Crippen molar-refractivity contribution in [2.75, 3.05) is 19.8 Å². The van der Waals surface area contributed by atoms with Crippen molar-refractivity contribution < 1.29 is 9.47 Å². The van der Waals surface area contributed by atoms with Gasteiger partial charge >= 0.3 is 0 Å². The van der Waals surface area contributed by atoms with E-state index in [0.29, 0.717) is 37.1 Å². The lowest BCUT2D eigenvalue weighted by Gasteiger charge is -2.15. The summed E-state index contributed by atoms with van der Waals surface area (Å²) in [7, 11) is 0. The number of hydrogen-bond donors (Lipinski definition) is 0. The monoisotopic (exact) mass is 336 g/mol. The molecule has 2 aromatic heterocycles. The average Bonchev–Trinajstić information content (AvgIpc) is 2.91. The van der Waals surface area contributed by atoms with E-state index in [1.807, 2.05) is 25.4 Å².